The van der Waals surface area contributed by atoms with Crippen molar-refractivity contribution in [1.82, 2.24) is 15.1 Å². The number of carbonyl (C=O) groups is 3. The third kappa shape index (κ3) is 5.44. The zero-order valence-electron chi connectivity index (χ0n) is 18.9. The smallest absolute Gasteiger partial charge is 0.404 e. The van der Waals surface area contributed by atoms with Gasteiger partial charge < -0.3 is 25.0 Å². The number of nitrogens with one attached hydrogen (secondary N) is 1. The number of ether oxygens (including phenoxy) is 1. The van der Waals surface area contributed by atoms with E-state index >= 15 is 0 Å². The molecule has 180 valence electrons. The topological polar surface area (TPSA) is 99.2 Å². The minimum atomic E-state index is -1.06. The van der Waals surface area contributed by atoms with E-state index in [0.29, 0.717) is 50.6 Å². The third-order valence-corrected chi connectivity index (χ3v) is 7.75. The number of methoxy groups -OCH3 is 1. The number of carbonyl (C=O) groups excluding carboxylic acids is 2. The molecule has 2 aliphatic heterocycles. The van der Waals surface area contributed by atoms with Gasteiger partial charge in [0.05, 0.1) is 6.10 Å². The van der Waals surface area contributed by atoms with Gasteiger partial charge in [0.25, 0.3) is 0 Å². The first-order valence-electron chi connectivity index (χ1n) is 11.7. The van der Waals surface area contributed by atoms with E-state index in [1.165, 1.54) is 0 Å². The Morgan fingerprint density at radius 2 is 1.67 bits per heavy atom. The van der Waals surface area contributed by atoms with Crippen LogP contribution in [0.2, 0.25) is 5.02 Å². The molecular formula is C24H32ClN3O5. The van der Waals surface area contributed by atoms with Crippen LogP contribution in [0.1, 0.15) is 37.2 Å². The molecule has 2 saturated heterocycles. The number of halogens is 1. The van der Waals surface area contributed by atoms with Gasteiger partial charge in [0.2, 0.25) is 11.8 Å². The summed E-state index contributed by atoms with van der Waals surface area (Å²) in [5.41, 5.74) is 1.06. The molecule has 1 aliphatic carbocycles. The zero-order chi connectivity index (χ0) is 23.5. The van der Waals surface area contributed by atoms with Crippen molar-refractivity contribution >= 4 is 29.5 Å². The van der Waals surface area contributed by atoms with Crippen LogP contribution in [0, 0.1) is 17.8 Å². The molecule has 0 aromatic heterocycles. The van der Waals surface area contributed by atoms with Gasteiger partial charge in [0.15, 0.2) is 0 Å². The van der Waals surface area contributed by atoms with Crippen molar-refractivity contribution in [3.05, 3.63) is 34.9 Å². The van der Waals surface area contributed by atoms with E-state index in [4.69, 9.17) is 21.4 Å². The molecular weight excluding hydrogens is 446 g/mol. The maximum absolute atomic E-state index is 13.3. The third-order valence-electron chi connectivity index (χ3n) is 7.50. The van der Waals surface area contributed by atoms with E-state index in [0.717, 1.165) is 18.4 Å². The lowest BCUT2D eigenvalue weighted by Crippen LogP contribution is -2.49. The summed E-state index contributed by atoms with van der Waals surface area (Å²) in [6.07, 6.45) is 2.07. The minimum Gasteiger partial charge on any atom is -0.465 e. The molecule has 3 fully saturated rings. The van der Waals surface area contributed by atoms with Gasteiger partial charge >= 0.3 is 6.09 Å². The Balaban J connectivity index is 1.34. The first-order valence-corrected chi connectivity index (χ1v) is 12.1. The monoisotopic (exact) mass is 477 g/mol. The maximum atomic E-state index is 13.3. The number of hydrogen-bond acceptors (Lipinski definition) is 4. The quantitative estimate of drug-likeness (QED) is 0.656. The predicted molar refractivity (Wildman–Crippen MR) is 123 cm³/mol. The van der Waals surface area contributed by atoms with Crippen LogP contribution in [-0.4, -0.2) is 78.8 Å². The molecule has 1 saturated carbocycles. The highest BCUT2D eigenvalue weighted by Gasteiger charge is 2.41. The molecule has 4 rings (SSSR count). The van der Waals surface area contributed by atoms with Crippen LogP contribution in [0.25, 0.3) is 0 Å². The number of carboxylic acid groups (broad SMARTS) is 1. The summed E-state index contributed by atoms with van der Waals surface area (Å²) in [4.78, 5) is 40.8. The van der Waals surface area contributed by atoms with Crippen molar-refractivity contribution in [2.45, 2.75) is 37.7 Å². The Bertz CT molecular complexity index is 865. The lowest BCUT2D eigenvalue weighted by atomic mass is 9.80. The van der Waals surface area contributed by atoms with Crippen molar-refractivity contribution in [3.8, 4) is 0 Å². The molecule has 2 heterocycles. The Labute approximate surface area is 199 Å². The van der Waals surface area contributed by atoms with Crippen molar-refractivity contribution in [1.29, 1.82) is 0 Å². The molecule has 8 nitrogen and oxygen atoms in total. The van der Waals surface area contributed by atoms with Gasteiger partial charge in [-0.1, -0.05) is 23.7 Å². The number of hydrogen-bond donors (Lipinski definition) is 2. The van der Waals surface area contributed by atoms with Crippen LogP contribution < -0.4 is 5.32 Å². The molecule has 0 unspecified atom stereocenters. The van der Waals surface area contributed by atoms with Crippen molar-refractivity contribution in [3.63, 3.8) is 0 Å². The first-order chi connectivity index (χ1) is 15.9. The molecule has 2 atom stereocenters. The van der Waals surface area contributed by atoms with Gasteiger partial charge in [-0.2, -0.15) is 0 Å². The molecule has 33 heavy (non-hydrogen) atoms. The second-order valence-electron chi connectivity index (χ2n) is 9.47. The Morgan fingerprint density at radius 3 is 2.27 bits per heavy atom. The van der Waals surface area contributed by atoms with Crippen LogP contribution in [0.15, 0.2) is 24.3 Å². The van der Waals surface area contributed by atoms with Gasteiger partial charge in [0.1, 0.15) is 0 Å². The van der Waals surface area contributed by atoms with Gasteiger partial charge in [-0.3, -0.25) is 9.59 Å². The highest BCUT2D eigenvalue weighted by atomic mass is 35.5. The average Bonchev–Trinajstić information content (AvgIpc) is 3.21. The van der Waals surface area contributed by atoms with Gasteiger partial charge in [-0.15, -0.1) is 0 Å². The number of likely N-dealkylation sites (tertiary alicyclic amines) is 2. The lowest BCUT2D eigenvalue weighted by molar-refractivity contribution is -0.147. The summed E-state index contributed by atoms with van der Waals surface area (Å²) < 4.78 is 5.28. The summed E-state index contributed by atoms with van der Waals surface area (Å²) in [6, 6.07) is 7.56. The first kappa shape index (κ1) is 23.8. The van der Waals surface area contributed by atoms with Crippen molar-refractivity contribution in [2.24, 2.45) is 17.8 Å². The lowest BCUT2D eigenvalue weighted by Gasteiger charge is -2.39. The SMILES string of the molecule is COC1CC(C(=O)N2CCC(C(=O)N3C[C@H](CNC(=O)O)[C@H](c4ccc(Cl)cc4)C3)CC2)C1. The molecule has 1 aromatic carbocycles. The predicted octanol–water partition coefficient (Wildman–Crippen LogP) is 2.81. The van der Waals surface area contributed by atoms with Gasteiger partial charge in [-0.25, -0.2) is 4.79 Å². The second-order valence-corrected chi connectivity index (χ2v) is 9.91. The standard InChI is InChI=1S/C24H32ClN3O5/c1-33-20-10-17(11-20)23(30)27-8-6-16(7-9-27)22(29)28-13-18(12-26-24(31)32)21(14-28)15-2-4-19(25)5-3-15/h2-5,16-18,20-21,26H,6-14H2,1H3,(H,31,32)/t17?,18-,20?,21-/m0/s1. The van der Waals surface area contributed by atoms with Crippen LogP contribution in [-0.2, 0) is 14.3 Å². The summed E-state index contributed by atoms with van der Waals surface area (Å²) >= 11 is 6.03. The normalized spacial score (nSPS) is 27.8. The van der Waals surface area contributed by atoms with Crippen LogP contribution in [0.4, 0.5) is 4.79 Å². The molecule has 0 bridgehead atoms. The summed E-state index contributed by atoms with van der Waals surface area (Å²) in [5.74, 6) is 0.315. The number of amides is 3. The number of benzene rings is 1. The van der Waals surface area contributed by atoms with E-state index in [9.17, 15) is 14.4 Å². The van der Waals surface area contributed by atoms with Gasteiger partial charge in [-0.05, 0) is 43.4 Å². The van der Waals surface area contributed by atoms with Gasteiger partial charge in [0, 0.05) is 68.5 Å². The average molecular weight is 478 g/mol. The highest BCUT2D eigenvalue weighted by Crippen LogP contribution is 2.36. The van der Waals surface area contributed by atoms with Crippen LogP contribution >= 0.6 is 11.6 Å². The van der Waals surface area contributed by atoms with Crippen LogP contribution in [0.3, 0.4) is 0 Å². The van der Waals surface area contributed by atoms with Crippen LogP contribution in [0.5, 0.6) is 0 Å². The second kappa shape index (κ2) is 10.3. The van der Waals surface area contributed by atoms with E-state index in [1.807, 2.05) is 34.1 Å². The zero-order valence-corrected chi connectivity index (χ0v) is 19.7. The van der Waals surface area contributed by atoms with E-state index in [-0.39, 0.29) is 41.6 Å². The minimum absolute atomic E-state index is 0.000222. The van der Waals surface area contributed by atoms with E-state index in [1.54, 1.807) is 7.11 Å². The molecule has 0 radical (unpaired) electrons. The van der Waals surface area contributed by atoms with Crippen molar-refractivity contribution < 1.29 is 24.2 Å². The molecule has 9 heteroatoms. The Kier molecular flexibility index (Phi) is 7.44. The summed E-state index contributed by atoms with van der Waals surface area (Å²) in [6.45, 7) is 2.60. The fraction of sp³-hybridized carbons (Fsp3) is 0.625. The molecule has 3 aliphatic rings. The summed E-state index contributed by atoms with van der Waals surface area (Å²) in [7, 11) is 1.68. The number of rotatable bonds is 6. The molecule has 2 N–H and O–H groups in total. The highest BCUT2D eigenvalue weighted by molar-refractivity contribution is 6.30. The molecule has 0 spiro atoms. The molecule has 3 amide bonds. The van der Waals surface area contributed by atoms with E-state index < -0.39 is 6.09 Å². The fourth-order valence-corrected chi connectivity index (χ4v) is 5.51. The largest absolute Gasteiger partial charge is 0.465 e. The Morgan fingerprint density at radius 1 is 1.03 bits per heavy atom. The fourth-order valence-electron chi connectivity index (χ4n) is 5.39. The summed E-state index contributed by atoms with van der Waals surface area (Å²) in [5, 5.41) is 12.2. The number of nitrogens with zero attached hydrogens (tertiary/aromatic N) is 2. The van der Waals surface area contributed by atoms with Crippen molar-refractivity contribution in [2.75, 3.05) is 39.8 Å². The molecule has 1 aromatic rings. The Hall–Kier alpha value is -2.32. The number of piperidine rings is 1. The van der Waals surface area contributed by atoms with E-state index in [2.05, 4.69) is 5.32 Å². The maximum Gasteiger partial charge on any atom is 0.404 e.